The van der Waals surface area contributed by atoms with Gasteiger partial charge < -0.3 is 5.11 Å². The fourth-order valence-corrected chi connectivity index (χ4v) is 3.21. The molecule has 0 aromatic heterocycles. The van der Waals surface area contributed by atoms with E-state index in [4.69, 9.17) is 0 Å². The zero-order valence-electron chi connectivity index (χ0n) is 13.6. The fourth-order valence-electron chi connectivity index (χ4n) is 3.21. The number of hydrogen-bond donors (Lipinski definition) is 1. The van der Waals surface area contributed by atoms with Gasteiger partial charge in [-0.25, -0.2) is 4.39 Å². The molecule has 0 unspecified atom stereocenters. The number of ketones is 2. The quantitative estimate of drug-likeness (QED) is 0.873. The van der Waals surface area contributed by atoms with E-state index in [1.54, 1.807) is 24.3 Å². The summed E-state index contributed by atoms with van der Waals surface area (Å²) in [7, 11) is 0. The van der Waals surface area contributed by atoms with Gasteiger partial charge in [0.25, 0.3) is 0 Å². The van der Waals surface area contributed by atoms with Crippen LogP contribution in [0.15, 0.2) is 30.3 Å². The number of aliphatic hydroxyl groups is 1. The van der Waals surface area contributed by atoms with E-state index >= 15 is 0 Å². The van der Waals surface area contributed by atoms with Crippen LogP contribution in [0.4, 0.5) is 4.39 Å². The third-order valence-electron chi connectivity index (χ3n) is 4.59. The second-order valence-corrected chi connectivity index (χ2v) is 6.25. The maximum absolute atomic E-state index is 14.4. The first-order valence-electron chi connectivity index (χ1n) is 8.07. The van der Waals surface area contributed by atoms with Crippen molar-refractivity contribution in [3.63, 3.8) is 0 Å². The number of rotatable bonds is 4. The Kier molecular flexibility index (Phi) is 4.58. The topological polar surface area (TPSA) is 54.4 Å². The van der Waals surface area contributed by atoms with Gasteiger partial charge in [-0.3, -0.25) is 9.59 Å². The van der Waals surface area contributed by atoms with Crippen LogP contribution in [-0.2, 0) is 19.4 Å². The first-order valence-corrected chi connectivity index (χ1v) is 8.07. The zero-order valence-corrected chi connectivity index (χ0v) is 13.6. The number of carbonyl (C=O) groups excluding carboxylic acids is 2. The van der Waals surface area contributed by atoms with Crippen molar-refractivity contribution < 1.29 is 19.1 Å². The van der Waals surface area contributed by atoms with Crippen LogP contribution in [0, 0.1) is 5.82 Å². The number of benzene rings is 2. The van der Waals surface area contributed by atoms with Gasteiger partial charge in [0, 0.05) is 24.0 Å². The summed E-state index contributed by atoms with van der Waals surface area (Å²) < 4.78 is 14.4. The first kappa shape index (κ1) is 16.5. The fraction of sp³-hybridized carbons (Fsp3) is 0.300. The summed E-state index contributed by atoms with van der Waals surface area (Å²) in [4.78, 5) is 23.3. The van der Waals surface area contributed by atoms with Crippen molar-refractivity contribution in [2.45, 2.75) is 39.2 Å². The maximum Gasteiger partial charge on any atom is 0.163 e. The highest BCUT2D eigenvalue weighted by Crippen LogP contribution is 2.26. The van der Waals surface area contributed by atoms with Gasteiger partial charge in [0.1, 0.15) is 5.82 Å². The molecular formula is C20H19FO3. The second kappa shape index (κ2) is 6.65. The van der Waals surface area contributed by atoms with E-state index in [-0.39, 0.29) is 18.2 Å². The summed E-state index contributed by atoms with van der Waals surface area (Å²) in [6.45, 7) is 1.26. The lowest BCUT2D eigenvalue weighted by molar-refractivity contribution is 0.0970. The summed E-state index contributed by atoms with van der Waals surface area (Å²) in [5, 5.41) is 9.55. The molecule has 2 aromatic rings. The van der Waals surface area contributed by atoms with Crippen LogP contribution < -0.4 is 0 Å². The van der Waals surface area contributed by atoms with Crippen molar-refractivity contribution in [3.05, 3.63) is 69.5 Å². The Morgan fingerprint density at radius 1 is 1.12 bits per heavy atom. The highest BCUT2D eigenvalue weighted by Gasteiger charge is 2.20. The number of hydrogen-bond acceptors (Lipinski definition) is 3. The van der Waals surface area contributed by atoms with E-state index in [0.29, 0.717) is 35.1 Å². The van der Waals surface area contributed by atoms with E-state index in [1.165, 1.54) is 13.0 Å². The van der Waals surface area contributed by atoms with Crippen molar-refractivity contribution in [2.24, 2.45) is 0 Å². The molecule has 0 saturated heterocycles. The third-order valence-corrected chi connectivity index (χ3v) is 4.59. The normalized spacial score (nSPS) is 13.7. The highest BCUT2D eigenvalue weighted by atomic mass is 19.1. The summed E-state index contributed by atoms with van der Waals surface area (Å²) in [6, 6.07) is 8.21. The molecular weight excluding hydrogens is 307 g/mol. The van der Waals surface area contributed by atoms with Crippen LogP contribution in [0.5, 0.6) is 0 Å². The van der Waals surface area contributed by atoms with Crippen LogP contribution in [0.1, 0.15) is 62.7 Å². The lowest BCUT2D eigenvalue weighted by Gasteiger charge is -2.17. The monoisotopic (exact) mass is 326 g/mol. The summed E-state index contributed by atoms with van der Waals surface area (Å²) in [5.41, 5.74) is 3.83. The maximum atomic E-state index is 14.4. The van der Waals surface area contributed by atoms with Gasteiger partial charge in [0.15, 0.2) is 11.6 Å². The van der Waals surface area contributed by atoms with Crippen LogP contribution in [0.25, 0.3) is 0 Å². The summed E-state index contributed by atoms with van der Waals surface area (Å²) in [5.74, 6) is -0.471. The Morgan fingerprint density at radius 3 is 2.62 bits per heavy atom. The summed E-state index contributed by atoms with van der Waals surface area (Å²) in [6.07, 6.45) is 2.38. The average Bonchev–Trinajstić information content (AvgIpc) is 2.56. The molecule has 24 heavy (non-hydrogen) atoms. The Hall–Kier alpha value is -2.33. The Balaban J connectivity index is 1.97. The largest absolute Gasteiger partial charge is 0.392 e. The van der Waals surface area contributed by atoms with Crippen LogP contribution >= 0.6 is 0 Å². The number of fused-ring (bicyclic) bond motifs is 1. The highest BCUT2D eigenvalue weighted by molar-refractivity contribution is 5.98. The lowest BCUT2D eigenvalue weighted by atomic mass is 9.87. The van der Waals surface area contributed by atoms with E-state index < -0.39 is 5.82 Å². The second-order valence-electron chi connectivity index (χ2n) is 6.25. The number of Topliss-reactive ketones (excluding diaryl/α,β-unsaturated/α-hetero) is 2. The Morgan fingerprint density at radius 2 is 1.92 bits per heavy atom. The SMILES string of the molecule is CC(=O)c1ccc(Cc2cc3c(cc2F)C(=O)CCC3)c(CO)c1. The molecule has 0 fully saturated rings. The molecule has 0 spiro atoms. The van der Waals surface area contributed by atoms with Crippen molar-refractivity contribution in [3.8, 4) is 0 Å². The molecule has 1 aliphatic carbocycles. The van der Waals surface area contributed by atoms with Crippen molar-refractivity contribution in [2.75, 3.05) is 0 Å². The lowest BCUT2D eigenvalue weighted by Crippen LogP contribution is -2.12. The van der Waals surface area contributed by atoms with E-state index in [1.807, 2.05) is 0 Å². The summed E-state index contributed by atoms with van der Waals surface area (Å²) >= 11 is 0. The van der Waals surface area contributed by atoms with Gasteiger partial charge in [0.2, 0.25) is 0 Å². The van der Waals surface area contributed by atoms with Crippen molar-refractivity contribution in [1.82, 2.24) is 0 Å². The van der Waals surface area contributed by atoms with Crippen LogP contribution in [0.3, 0.4) is 0 Å². The van der Waals surface area contributed by atoms with E-state index in [9.17, 15) is 19.1 Å². The molecule has 0 bridgehead atoms. The number of halogens is 1. The zero-order chi connectivity index (χ0) is 17.3. The van der Waals surface area contributed by atoms with Gasteiger partial charge in [0.05, 0.1) is 6.61 Å². The first-order chi connectivity index (χ1) is 11.5. The van der Waals surface area contributed by atoms with Crippen molar-refractivity contribution in [1.29, 1.82) is 0 Å². The standard InChI is InChI=1S/C20H19FO3/c1-12(23)13-5-6-14(17(7-13)11-22)8-16-9-15-3-2-4-20(24)18(15)10-19(16)21/h5-7,9-10,22H,2-4,8,11H2,1H3. The molecule has 1 aliphatic rings. The van der Waals surface area contributed by atoms with Gasteiger partial charge in [-0.15, -0.1) is 0 Å². The number of aryl methyl sites for hydroxylation is 1. The molecule has 0 heterocycles. The van der Waals surface area contributed by atoms with Crippen molar-refractivity contribution >= 4 is 11.6 Å². The molecule has 0 saturated carbocycles. The minimum absolute atomic E-state index is 0.00329. The number of aliphatic hydroxyl groups excluding tert-OH is 1. The smallest absolute Gasteiger partial charge is 0.163 e. The molecule has 124 valence electrons. The third kappa shape index (κ3) is 3.15. The van der Waals surface area contributed by atoms with Gasteiger partial charge in [-0.1, -0.05) is 18.2 Å². The van der Waals surface area contributed by atoms with Gasteiger partial charge in [-0.05, 0) is 54.2 Å². The predicted molar refractivity (Wildman–Crippen MR) is 88.8 cm³/mol. The molecule has 3 nitrogen and oxygen atoms in total. The molecule has 3 rings (SSSR count). The molecule has 0 atom stereocenters. The molecule has 0 radical (unpaired) electrons. The Labute approximate surface area is 140 Å². The van der Waals surface area contributed by atoms with E-state index in [2.05, 4.69) is 0 Å². The minimum atomic E-state index is -0.400. The van der Waals surface area contributed by atoms with Gasteiger partial charge in [-0.2, -0.15) is 0 Å². The Bertz CT molecular complexity index is 824. The number of carbonyl (C=O) groups is 2. The van der Waals surface area contributed by atoms with E-state index in [0.717, 1.165) is 24.0 Å². The van der Waals surface area contributed by atoms with Crippen LogP contribution in [-0.4, -0.2) is 16.7 Å². The predicted octanol–water partition coefficient (Wildman–Crippen LogP) is 3.63. The molecule has 0 aliphatic heterocycles. The minimum Gasteiger partial charge on any atom is -0.392 e. The van der Waals surface area contributed by atoms with Crippen LogP contribution in [0.2, 0.25) is 0 Å². The van der Waals surface area contributed by atoms with Gasteiger partial charge >= 0.3 is 0 Å². The average molecular weight is 326 g/mol. The molecule has 0 amide bonds. The molecule has 2 aromatic carbocycles. The molecule has 1 N–H and O–H groups in total. The molecule has 4 heteroatoms.